The number of aromatic nitrogens is 2. The van der Waals surface area contributed by atoms with E-state index in [1.165, 1.54) is 51.6 Å². The van der Waals surface area contributed by atoms with E-state index in [-0.39, 0.29) is 0 Å². The third-order valence-electron chi connectivity index (χ3n) is 4.29. The van der Waals surface area contributed by atoms with Gasteiger partial charge in [0.25, 0.3) is 0 Å². The number of hydrogen-bond donors (Lipinski definition) is 1. The van der Waals surface area contributed by atoms with Crippen LogP contribution < -0.4 is 10.2 Å². The smallest absolute Gasteiger partial charge is 0.128 e. The maximum absolute atomic E-state index is 4.38. The van der Waals surface area contributed by atoms with Crippen molar-refractivity contribution in [3.05, 3.63) is 50.2 Å². The molecule has 0 radical (unpaired) electrons. The van der Waals surface area contributed by atoms with Gasteiger partial charge in [-0.25, -0.2) is 9.97 Å². The van der Waals surface area contributed by atoms with Crippen molar-refractivity contribution in [2.45, 2.75) is 38.5 Å². The van der Waals surface area contributed by atoms with E-state index in [0.717, 1.165) is 32.5 Å². The fourth-order valence-electron chi connectivity index (χ4n) is 2.84. The molecule has 2 saturated heterocycles. The molecule has 27 heavy (non-hydrogen) atoms. The van der Waals surface area contributed by atoms with Gasteiger partial charge in [-0.2, -0.15) is 0 Å². The Labute approximate surface area is 187 Å². The summed E-state index contributed by atoms with van der Waals surface area (Å²) in [4.78, 5) is 10.7. The lowest BCUT2D eigenvalue weighted by Crippen LogP contribution is -2.29. The van der Waals surface area contributed by atoms with Gasteiger partial charge in [-0.15, -0.1) is 0 Å². The van der Waals surface area contributed by atoms with E-state index in [4.69, 9.17) is 0 Å². The van der Waals surface area contributed by atoms with Crippen molar-refractivity contribution in [3.63, 3.8) is 0 Å². The topological polar surface area (TPSA) is 41.1 Å². The van der Waals surface area contributed by atoms with Crippen LogP contribution in [0.25, 0.3) is 0 Å². The third-order valence-corrected chi connectivity index (χ3v) is 5.70. The molecule has 1 N–H and O–H groups in total. The number of halogens is 3. The van der Waals surface area contributed by atoms with E-state index >= 15 is 0 Å². The Morgan fingerprint density at radius 2 is 1.30 bits per heavy atom. The van der Waals surface area contributed by atoms with Crippen LogP contribution in [0.2, 0.25) is 0 Å². The zero-order valence-electron chi connectivity index (χ0n) is 15.5. The van der Waals surface area contributed by atoms with Gasteiger partial charge in [0.1, 0.15) is 10.4 Å². The van der Waals surface area contributed by atoms with Gasteiger partial charge in [-0.3, -0.25) is 0 Å². The molecule has 7 heteroatoms. The standard InChI is InChI=1S/C10H13BrN2.C5H3Br2N.C5H11N/c11-9-4-5-10(12-8-9)13-6-2-1-3-7-13;6-4-1-2-5(7)8-3-4;1-2-4-6-5-3-1/h4-5,8H,1-3,6-7H2;1-3H;6H,1-5H2. The van der Waals surface area contributed by atoms with Crippen LogP contribution in [-0.4, -0.2) is 36.1 Å². The predicted molar refractivity (Wildman–Crippen MR) is 124 cm³/mol. The molecule has 0 aliphatic carbocycles. The zero-order valence-corrected chi connectivity index (χ0v) is 20.3. The Bertz CT molecular complexity index is 592. The molecule has 148 valence electrons. The second-order valence-electron chi connectivity index (χ2n) is 6.49. The monoisotopic (exact) mass is 560 g/mol. The van der Waals surface area contributed by atoms with Crippen molar-refractivity contribution in [3.8, 4) is 0 Å². The SMILES string of the molecule is Brc1ccc(Br)nc1.Brc1ccc(N2CCCCC2)nc1.C1CCNCC1. The van der Waals surface area contributed by atoms with Crippen molar-refractivity contribution < 1.29 is 0 Å². The Hall–Kier alpha value is -0.500. The molecule has 0 aromatic carbocycles. The highest BCUT2D eigenvalue weighted by atomic mass is 79.9. The molecule has 2 aliphatic heterocycles. The first-order valence-electron chi connectivity index (χ1n) is 9.49. The minimum absolute atomic E-state index is 0.862. The number of rotatable bonds is 1. The van der Waals surface area contributed by atoms with Gasteiger partial charge >= 0.3 is 0 Å². The highest BCUT2D eigenvalue weighted by Crippen LogP contribution is 2.18. The van der Waals surface area contributed by atoms with Gasteiger partial charge in [0.2, 0.25) is 0 Å². The largest absolute Gasteiger partial charge is 0.357 e. The van der Waals surface area contributed by atoms with E-state index in [2.05, 4.69) is 80.1 Å². The molecule has 2 aliphatic rings. The highest BCUT2D eigenvalue weighted by molar-refractivity contribution is 9.11. The summed E-state index contributed by atoms with van der Waals surface area (Å²) >= 11 is 9.86. The first-order valence-corrected chi connectivity index (χ1v) is 11.9. The Kier molecular flexibility index (Phi) is 11.5. The highest BCUT2D eigenvalue weighted by Gasteiger charge is 2.11. The minimum atomic E-state index is 0.862. The zero-order chi connectivity index (χ0) is 19.3. The number of pyridine rings is 2. The maximum atomic E-state index is 4.38. The quantitative estimate of drug-likeness (QED) is 0.420. The van der Waals surface area contributed by atoms with E-state index in [1.54, 1.807) is 6.20 Å². The van der Waals surface area contributed by atoms with Gasteiger partial charge in [-0.1, -0.05) is 6.42 Å². The number of anilines is 1. The normalized spacial score (nSPS) is 16.5. The summed E-state index contributed by atoms with van der Waals surface area (Å²) in [5.74, 6) is 1.11. The van der Waals surface area contributed by atoms with Gasteiger partial charge in [0.05, 0.1) is 0 Å². The average molecular weight is 563 g/mol. The van der Waals surface area contributed by atoms with Crippen LogP contribution in [0.4, 0.5) is 5.82 Å². The second-order valence-corrected chi connectivity index (χ2v) is 9.14. The van der Waals surface area contributed by atoms with Crippen LogP contribution >= 0.6 is 47.8 Å². The third kappa shape index (κ3) is 10.0. The summed E-state index contributed by atoms with van der Waals surface area (Å²) in [5, 5.41) is 3.28. The lowest BCUT2D eigenvalue weighted by molar-refractivity contribution is 0.520. The summed E-state index contributed by atoms with van der Waals surface area (Å²) in [6.07, 6.45) is 11.8. The maximum Gasteiger partial charge on any atom is 0.128 e. The van der Waals surface area contributed by atoms with E-state index < -0.39 is 0 Å². The Morgan fingerprint density at radius 1 is 0.704 bits per heavy atom. The predicted octanol–water partition coefficient (Wildman–Crippen LogP) is 6.20. The number of piperidine rings is 2. The molecular formula is C20H27Br3N4. The first kappa shape index (κ1) is 22.8. The van der Waals surface area contributed by atoms with E-state index in [1.807, 2.05) is 18.3 Å². The number of nitrogens with zero attached hydrogens (tertiary/aromatic N) is 3. The molecule has 4 rings (SSSR count). The molecule has 4 nitrogen and oxygen atoms in total. The summed E-state index contributed by atoms with van der Waals surface area (Å²) in [6, 6.07) is 7.94. The van der Waals surface area contributed by atoms with Crippen LogP contribution in [0.1, 0.15) is 38.5 Å². The van der Waals surface area contributed by atoms with Crippen molar-refractivity contribution >= 4 is 53.6 Å². The van der Waals surface area contributed by atoms with Gasteiger partial charge in [0.15, 0.2) is 0 Å². The second kappa shape index (κ2) is 13.6. The van der Waals surface area contributed by atoms with Gasteiger partial charge < -0.3 is 10.2 Å². The molecule has 2 aromatic rings. The molecule has 0 unspecified atom stereocenters. The fraction of sp³-hybridized carbons (Fsp3) is 0.500. The molecule has 0 spiro atoms. The van der Waals surface area contributed by atoms with E-state index in [9.17, 15) is 0 Å². The first-order chi connectivity index (χ1) is 13.1. The number of hydrogen-bond acceptors (Lipinski definition) is 4. The van der Waals surface area contributed by atoms with Crippen LogP contribution in [0.5, 0.6) is 0 Å². The summed E-state index contributed by atoms with van der Waals surface area (Å²) < 4.78 is 2.91. The number of nitrogens with one attached hydrogen (secondary N) is 1. The summed E-state index contributed by atoms with van der Waals surface area (Å²) in [6.45, 7) is 4.82. The molecule has 0 atom stereocenters. The van der Waals surface area contributed by atoms with Crippen molar-refractivity contribution in [2.24, 2.45) is 0 Å². The Morgan fingerprint density at radius 3 is 1.70 bits per heavy atom. The van der Waals surface area contributed by atoms with Gasteiger partial charge in [-0.05, 0) is 117 Å². The minimum Gasteiger partial charge on any atom is -0.357 e. The molecule has 2 fully saturated rings. The van der Waals surface area contributed by atoms with Crippen LogP contribution in [0.3, 0.4) is 0 Å². The van der Waals surface area contributed by atoms with Crippen LogP contribution in [0, 0.1) is 0 Å². The molecule has 0 bridgehead atoms. The molecule has 0 amide bonds. The lowest BCUT2D eigenvalue weighted by Gasteiger charge is -2.27. The van der Waals surface area contributed by atoms with Gasteiger partial charge in [0, 0.05) is 34.4 Å². The molecule has 0 saturated carbocycles. The summed E-state index contributed by atoms with van der Waals surface area (Å²) in [7, 11) is 0. The fourth-order valence-corrected chi connectivity index (χ4v) is 3.54. The average Bonchev–Trinajstić information content (AvgIpc) is 2.74. The Balaban J connectivity index is 0.000000159. The van der Waals surface area contributed by atoms with Crippen LogP contribution in [-0.2, 0) is 0 Å². The van der Waals surface area contributed by atoms with Crippen molar-refractivity contribution in [2.75, 3.05) is 31.1 Å². The molecule has 2 aromatic heterocycles. The summed E-state index contributed by atoms with van der Waals surface area (Å²) in [5.41, 5.74) is 0. The van der Waals surface area contributed by atoms with Crippen LogP contribution in [0.15, 0.2) is 50.2 Å². The molecule has 4 heterocycles. The van der Waals surface area contributed by atoms with Crippen molar-refractivity contribution in [1.82, 2.24) is 15.3 Å². The van der Waals surface area contributed by atoms with Crippen molar-refractivity contribution in [1.29, 1.82) is 0 Å². The lowest BCUT2D eigenvalue weighted by atomic mass is 10.1. The van der Waals surface area contributed by atoms with E-state index in [0.29, 0.717) is 0 Å². The molecular weight excluding hydrogens is 536 g/mol.